The van der Waals surface area contributed by atoms with E-state index in [1.54, 1.807) is 23.9 Å². The van der Waals surface area contributed by atoms with Crippen molar-refractivity contribution in [3.8, 4) is 5.75 Å². The zero-order chi connectivity index (χ0) is 24.0. The van der Waals surface area contributed by atoms with Gasteiger partial charge >= 0.3 is 5.97 Å². The number of carbonyl (C=O) groups is 2. The fourth-order valence-electron chi connectivity index (χ4n) is 4.04. The molecule has 2 aliphatic rings. The van der Waals surface area contributed by atoms with Crippen molar-refractivity contribution in [2.45, 2.75) is 52.3 Å². The molecule has 3 unspecified atom stereocenters. The molecule has 2 aliphatic heterocycles. The van der Waals surface area contributed by atoms with Crippen LogP contribution >= 0.6 is 0 Å². The van der Waals surface area contributed by atoms with Crippen molar-refractivity contribution in [3.05, 3.63) is 29.8 Å². The standard InChI is InChI=1S/C24H34N4O5/c1-6-9-18-21-22(28(5)26-18)25-20(27(4)23(21)29)15-33-17-12-10-16(11-13-17)14-19(31-7-2)24(30)32-8-3/h10-13,19,21-22H,6-9,14-15H2,1-5H3. The van der Waals surface area contributed by atoms with E-state index >= 15 is 0 Å². The van der Waals surface area contributed by atoms with Crippen LogP contribution in [0.2, 0.25) is 0 Å². The molecule has 0 bridgehead atoms. The first-order valence-electron chi connectivity index (χ1n) is 11.5. The van der Waals surface area contributed by atoms with Crippen LogP contribution in [0.15, 0.2) is 34.4 Å². The van der Waals surface area contributed by atoms with Crippen LogP contribution < -0.4 is 4.74 Å². The maximum absolute atomic E-state index is 13.0. The molecule has 0 saturated heterocycles. The van der Waals surface area contributed by atoms with Gasteiger partial charge in [-0.25, -0.2) is 9.79 Å². The summed E-state index contributed by atoms with van der Waals surface area (Å²) in [5, 5.41) is 6.31. The van der Waals surface area contributed by atoms with Gasteiger partial charge in [0.05, 0.1) is 12.3 Å². The number of nitrogens with zero attached hydrogens (tertiary/aromatic N) is 4. The topological polar surface area (TPSA) is 93.0 Å². The number of benzene rings is 1. The van der Waals surface area contributed by atoms with E-state index in [4.69, 9.17) is 19.2 Å². The van der Waals surface area contributed by atoms with E-state index in [0.29, 0.717) is 31.2 Å². The predicted molar refractivity (Wildman–Crippen MR) is 125 cm³/mol. The third kappa shape index (κ3) is 5.71. The lowest BCUT2D eigenvalue weighted by Gasteiger charge is -2.32. The average Bonchev–Trinajstić information content (AvgIpc) is 3.11. The molecule has 0 aromatic heterocycles. The highest BCUT2D eigenvalue weighted by Crippen LogP contribution is 2.29. The summed E-state index contributed by atoms with van der Waals surface area (Å²) in [7, 11) is 3.58. The number of hydrazone groups is 1. The number of carbonyl (C=O) groups excluding carboxylic acids is 2. The monoisotopic (exact) mass is 458 g/mol. The normalized spacial score (nSPS) is 20.8. The maximum atomic E-state index is 13.0. The van der Waals surface area contributed by atoms with Gasteiger partial charge in [0.1, 0.15) is 24.1 Å². The van der Waals surface area contributed by atoms with Crippen molar-refractivity contribution in [1.82, 2.24) is 9.91 Å². The molecule has 3 atom stereocenters. The summed E-state index contributed by atoms with van der Waals surface area (Å²) < 4.78 is 16.5. The number of esters is 1. The van der Waals surface area contributed by atoms with Gasteiger partial charge in [-0.2, -0.15) is 5.10 Å². The minimum Gasteiger partial charge on any atom is -0.486 e. The van der Waals surface area contributed by atoms with Crippen molar-refractivity contribution in [3.63, 3.8) is 0 Å². The summed E-state index contributed by atoms with van der Waals surface area (Å²) in [5.74, 6) is 0.547. The molecule has 0 aliphatic carbocycles. The molecule has 0 spiro atoms. The van der Waals surface area contributed by atoms with Crippen LogP contribution in [0.1, 0.15) is 39.2 Å². The molecule has 0 N–H and O–H groups in total. The lowest BCUT2D eigenvalue weighted by molar-refractivity contribution is -0.156. The Morgan fingerprint density at radius 3 is 2.48 bits per heavy atom. The summed E-state index contributed by atoms with van der Waals surface area (Å²) in [6.45, 7) is 6.62. The Bertz CT molecular complexity index is 899. The molecule has 0 saturated carbocycles. The second-order valence-corrected chi connectivity index (χ2v) is 8.08. The Labute approximate surface area is 195 Å². The number of fused-ring (bicyclic) bond motifs is 1. The third-order valence-electron chi connectivity index (χ3n) is 5.73. The molecular formula is C24H34N4O5. The van der Waals surface area contributed by atoms with Gasteiger partial charge in [-0.1, -0.05) is 25.5 Å². The number of likely N-dealkylation sites (N-methyl/N-ethyl adjacent to an activating group) is 1. The van der Waals surface area contributed by atoms with E-state index in [9.17, 15) is 9.59 Å². The van der Waals surface area contributed by atoms with Gasteiger partial charge in [0.25, 0.3) is 0 Å². The van der Waals surface area contributed by atoms with E-state index in [0.717, 1.165) is 24.1 Å². The van der Waals surface area contributed by atoms with Gasteiger partial charge < -0.3 is 19.1 Å². The molecule has 9 nitrogen and oxygen atoms in total. The number of rotatable bonds is 11. The second kappa shape index (κ2) is 11.3. The Morgan fingerprint density at radius 1 is 1.12 bits per heavy atom. The zero-order valence-electron chi connectivity index (χ0n) is 20.1. The van der Waals surface area contributed by atoms with E-state index in [1.165, 1.54) is 0 Å². The number of hydrogen-bond donors (Lipinski definition) is 0. The molecule has 2 heterocycles. The fraction of sp³-hybridized carbons (Fsp3) is 0.583. The van der Waals surface area contributed by atoms with Gasteiger partial charge in [-0.15, -0.1) is 0 Å². The van der Waals surface area contributed by atoms with Crippen molar-refractivity contribution >= 4 is 23.4 Å². The number of ether oxygens (including phenoxy) is 3. The Morgan fingerprint density at radius 2 is 1.85 bits per heavy atom. The average molecular weight is 459 g/mol. The first kappa shape index (κ1) is 24.7. The van der Waals surface area contributed by atoms with Crippen molar-refractivity contribution in [2.75, 3.05) is 33.9 Å². The van der Waals surface area contributed by atoms with Crippen LogP contribution in [-0.2, 0) is 25.5 Å². The Hall–Kier alpha value is -2.94. The molecular weight excluding hydrogens is 424 g/mol. The van der Waals surface area contributed by atoms with Crippen molar-refractivity contribution in [2.24, 2.45) is 16.0 Å². The second-order valence-electron chi connectivity index (χ2n) is 8.08. The molecule has 0 radical (unpaired) electrons. The summed E-state index contributed by atoms with van der Waals surface area (Å²) >= 11 is 0. The van der Waals surface area contributed by atoms with Gasteiger partial charge in [-0.3, -0.25) is 9.80 Å². The number of hydrogen-bond acceptors (Lipinski definition) is 8. The van der Waals surface area contributed by atoms with Crippen LogP contribution in [0.5, 0.6) is 5.75 Å². The van der Waals surface area contributed by atoms with Gasteiger partial charge in [0, 0.05) is 27.1 Å². The first-order chi connectivity index (χ1) is 15.9. The van der Waals surface area contributed by atoms with Crippen LogP contribution in [0.3, 0.4) is 0 Å². The maximum Gasteiger partial charge on any atom is 0.335 e. The summed E-state index contributed by atoms with van der Waals surface area (Å²) in [6, 6.07) is 7.46. The smallest absolute Gasteiger partial charge is 0.335 e. The molecule has 1 amide bonds. The zero-order valence-corrected chi connectivity index (χ0v) is 20.1. The van der Waals surface area contributed by atoms with Crippen LogP contribution in [0, 0.1) is 5.92 Å². The minimum absolute atomic E-state index is 0.00132. The third-order valence-corrected chi connectivity index (χ3v) is 5.73. The van der Waals surface area contributed by atoms with Gasteiger partial charge in [0.15, 0.2) is 12.3 Å². The number of amidine groups is 1. The molecule has 0 fully saturated rings. The minimum atomic E-state index is -0.630. The highest BCUT2D eigenvalue weighted by Gasteiger charge is 2.45. The molecule has 9 heteroatoms. The molecule has 3 rings (SSSR count). The molecule has 180 valence electrons. The van der Waals surface area contributed by atoms with E-state index in [-0.39, 0.29) is 30.6 Å². The van der Waals surface area contributed by atoms with Crippen LogP contribution in [0.25, 0.3) is 0 Å². The van der Waals surface area contributed by atoms with E-state index in [2.05, 4.69) is 12.0 Å². The summed E-state index contributed by atoms with van der Waals surface area (Å²) in [4.78, 5) is 31.4. The number of amides is 1. The summed E-state index contributed by atoms with van der Waals surface area (Å²) in [6.07, 6.45) is 1.21. The first-order valence-corrected chi connectivity index (χ1v) is 11.5. The Kier molecular flexibility index (Phi) is 8.43. The fourth-order valence-corrected chi connectivity index (χ4v) is 4.04. The van der Waals surface area contributed by atoms with Crippen molar-refractivity contribution in [1.29, 1.82) is 0 Å². The quantitative estimate of drug-likeness (QED) is 0.473. The Balaban J connectivity index is 1.62. The van der Waals surface area contributed by atoms with Gasteiger partial charge in [-0.05, 0) is 38.0 Å². The largest absolute Gasteiger partial charge is 0.486 e. The van der Waals surface area contributed by atoms with E-state index in [1.807, 2.05) is 38.2 Å². The van der Waals surface area contributed by atoms with Crippen LogP contribution in [-0.4, -0.2) is 79.5 Å². The SMILES string of the molecule is CCCC1=NN(C)C2N=C(COc3ccc(CC(OCC)C(=O)OCC)cc3)N(C)C(=O)C12. The van der Waals surface area contributed by atoms with Crippen molar-refractivity contribution < 1.29 is 23.8 Å². The van der Waals surface area contributed by atoms with E-state index < -0.39 is 6.10 Å². The summed E-state index contributed by atoms with van der Waals surface area (Å²) in [5.41, 5.74) is 1.83. The molecule has 33 heavy (non-hydrogen) atoms. The lowest BCUT2D eigenvalue weighted by Crippen LogP contribution is -2.51. The molecule has 1 aromatic rings. The highest BCUT2D eigenvalue weighted by molar-refractivity contribution is 6.13. The lowest BCUT2D eigenvalue weighted by atomic mass is 9.94. The number of aliphatic imine (C=N–C) groups is 1. The van der Waals surface area contributed by atoms with Gasteiger partial charge in [0.2, 0.25) is 5.91 Å². The van der Waals surface area contributed by atoms with Crippen LogP contribution in [0.4, 0.5) is 0 Å². The highest BCUT2D eigenvalue weighted by atomic mass is 16.6. The molecule has 1 aromatic carbocycles. The predicted octanol–water partition coefficient (Wildman–Crippen LogP) is 2.49.